The Labute approximate surface area is 185 Å². The lowest BCUT2D eigenvalue weighted by molar-refractivity contribution is -0.146. The van der Waals surface area contributed by atoms with Crippen LogP contribution in [-0.4, -0.2) is 55.0 Å². The molecule has 1 aromatic heterocycles. The Morgan fingerprint density at radius 3 is 2.55 bits per heavy atom. The number of ether oxygens (including phenoxy) is 1. The van der Waals surface area contributed by atoms with E-state index in [1.165, 1.54) is 6.07 Å². The molecule has 1 atom stereocenters. The molecule has 1 heterocycles. The number of nitrogens with one attached hydrogen (secondary N) is 2. The molecule has 0 radical (unpaired) electrons. The number of fused-ring (bicyclic) bond motifs is 1. The first-order chi connectivity index (χ1) is 14.8. The molecule has 2 N–H and O–H groups in total. The van der Waals surface area contributed by atoms with Crippen LogP contribution in [0.4, 0.5) is 0 Å². The van der Waals surface area contributed by atoms with Gasteiger partial charge in [-0.1, -0.05) is 29.8 Å². The number of amides is 1. The van der Waals surface area contributed by atoms with Gasteiger partial charge in [0.05, 0.1) is 0 Å². The smallest absolute Gasteiger partial charge is 0.329 e. The SMILES string of the molecule is CN(C)CCOC(=O)C(Cc1cc(=O)[nH]c2ccccc12)NC(=O)c1ccc(Cl)cc1. The minimum absolute atomic E-state index is 0.116. The fraction of sp³-hybridized carbons (Fsp3) is 0.261. The van der Waals surface area contributed by atoms with Crippen LogP contribution in [0.15, 0.2) is 59.4 Å². The fourth-order valence-electron chi connectivity index (χ4n) is 3.13. The second-order valence-electron chi connectivity index (χ2n) is 7.41. The molecule has 0 aliphatic heterocycles. The number of carbonyl (C=O) groups is 2. The van der Waals surface area contributed by atoms with Crippen molar-refractivity contribution in [2.75, 3.05) is 27.2 Å². The number of carbonyl (C=O) groups excluding carboxylic acids is 2. The van der Waals surface area contributed by atoms with Gasteiger partial charge in [0.15, 0.2) is 0 Å². The van der Waals surface area contributed by atoms with Gasteiger partial charge < -0.3 is 19.9 Å². The number of aromatic amines is 1. The number of halogens is 1. The van der Waals surface area contributed by atoms with Crippen LogP contribution in [0.5, 0.6) is 0 Å². The molecule has 162 valence electrons. The minimum atomic E-state index is -0.962. The number of pyridine rings is 1. The second-order valence-corrected chi connectivity index (χ2v) is 7.85. The van der Waals surface area contributed by atoms with Gasteiger partial charge in [0.1, 0.15) is 12.6 Å². The van der Waals surface area contributed by atoms with Crippen LogP contribution in [0.2, 0.25) is 5.02 Å². The summed E-state index contributed by atoms with van der Waals surface area (Å²) in [6, 6.07) is 14.2. The number of para-hydroxylation sites is 1. The maximum absolute atomic E-state index is 12.8. The van der Waals surface area contributed by atoms with Crippen molar-refractivity contribution in [1.82, 2.24) is 15.2 Å². The molecule has 2 aromatic carbocycles. The van der Waals surface area contributed by atoms with Crippen molar-refractivity contribution in [3.05, 3.63) is 81.1 Å². The Balaban J connectivity index is 1.86. The average molecular weight is 442 g/mol. The quantitative estimate of drug-likeness (QED) is 0.524. The molecule has 1 unspecified atom stereocenters. The third-order valence-corrected chi connectivity index (χ3v) is 4.99. The van der Waals surface area contributed by atoms with Crippen LogP contribution in [0, 0.1) is 0 Å². The van der Waals surface area contributed by atoms with Crippen molar-refractivity contribution in [3.8, 4) is 0 Å². The second kappa shape index (κ2) is 10.2. The molecule has 7 nitrogen and oxygen atoms in total. The number of nitrogens with zero attached hydrogens (tertiary/aromatic N) is 1. The van der Waals surface area contributed by atoms with Crippen LogP contribution in [0.3, 0.4) is 0 Å². The lowest BCUT2D eigenvalue weighted by atomic mass is 10.0. The maximum Gasteiger partial charge on any atom is 0.329 e. The lowest BCUT2D eigenvalue weighted by Gasteiger charge is -2.19. The molecule has 0 bridgehead atoms. The van der Waals surface area contributed by atoms with Crippen molar-refractivity contribution < 1.29 is 14.3 Å². The molecule has 0 aliphatic carbocycles. The van der Waals surface area contributed by atoms with E-state index in [1.54, 1.807) is 30.3 Å². The first-order valence-corrected chi connectivity index (χ1v) is 10.2. The molecule has 0 aliphatic rings. The van der Waals surface area contributed by atoms with Crippen LogP contribution in [0.1, 0.15) is 15.9 Å². The van der Waals surface area contributed by atoms with E-state index in [1.807, 2.05) is 37.2 Å². The predicted molar refractivity (Wildman–Crippen MR) is 120 cm³/mol. The van der Waals surface area contributed by atoms with Gasteiger partial charge >= 0.3 is 5.97 Å². The van der Waals surface area contributed by atoms with Crippen LogP contribution < -0.4 is 10.9 Å². The number of benzene rings is 2. The van der Waals surface area contributed by atoms with E-state index < -0.39 is 17.9 Å². The Kier molecular flexibility index (Phi) is 7.44. The Morgan fingerprint density at radius 2 is 1.84 bits per heavy atom. The number of rotatable bonds is 8. The highest BCUT2D eigenvalue weighted by atomic mass is 35.5. The highest BCUT2D eigenvalue weighted by Crippen LogP contribution is 2.17. The minimum Gasteiger partial charge on any atom is -0.463 e. The first-order valence-electron chi connectivity index (χ1n) is 9.82. The van der Waals surface area contributed by atoms with Gasteiger partial charge in [-0.25, -0.2) is 4.79 Å². The third kappa shape index (κ3) is 6.16. The van der Waals surface area contributed by atoms with E-state index in [4.69, 9.17) is 16.3 Å². The number of likely N-dealkylation sites (N-methyl/N-ethyl adjacent to an activating group) is 1. The van der Waals surface area contributed by atoms with Crippen molar-refractivity contribution >= 4 is 34.4 Å². The third-order valence-electron chi connectivity index (χ3n) is 4.74. The first kappa shape index (κ1) is 22.5. The summed E-state index contributed by atoms with van der Waals surface area (Å²) in [5.74, 6) is -0.992. The Bertz CT molecular complexity index is 1130. The highest BCUT2D eigenvalue weighted by Gasteiger charge is 2.24. The number of aromatic nitrogens is 1. The molecule has 0 saturated carbocycles. The molecule has 1 amide bonds. The van der Waals surface area contributed by atoms with E-state index in [-0.39, 0.29) is 18.6 Å². The van der Waals surface area contributed by atoms with Gasteiger partial charge in [-0.05, 0) is 50.0 Å². The van der Waals surface area contributed by atoms with E-state index in [9.17, 15) is 14.4 Å². The molecule has 8 heteroatoms. The Morgan fingerprint density at radius 1 is 1.13 bits per heavy atom. The van der Waals surface area contributed by atoms with Crippen molar-refractivity contribution in [2.24, 2.45) is 0 Å². The molecular weight excluding hydrogens is 418 g/mol. The van der Waals surface area contributed by atoms with E-state index in [0.29, 0.717) is 28.2 Å². The Hall–Kier alpha value is -3.16. The van der Waals surface area contributed by atoms with E-state index in [2.05, 4.69) is 10.3 Å². The molecule has 31 heavy (non-hydrogen) atoms. The summed E-state index contributed by atoms with van der Waals surface area (Å²) in [5, 5.41) is 4.05. The summed E-state index contributed by atoms with van der Waals surface area (Å²) in [6.07, 6.45) is 0.116. The normalized spacial score (nSPS) is 12.0. The summed E-state index contributed by atoms with van der Waals surface area (Å²) in [6.45, 7) is 0.743. The van der Waals surface area contributed by atoms with E-state index >= 15 is 0 Å². The average Bonchev–Trinajstić information content (AvgIpc) is 2.73. The molecule has 3 rings (SSSR count). The fourth-order valence-corrected chi connectivity index (χ4v) is 3.26. The predicted octanol–water partition coefficient (Wildman–Crippen LogP) is 2.63. The van der Waals surface area contributed by atoms with E-state index in [0.717, 1.165) is 5.39 Å². The van der Waals surface area contributed by atoms with Gasteiger partial charge in [-0.15, -0.1) is 0 Å². The maximum atomic E-state index is 12.8. The summed E-state index contributed by atoms with van der Waals surface area (Å²) < 4.78 is 5.38. The molecule has 0 spiro atoms. The summed E-state index contributed by atoms with van der Waals surface area (Å²) in [4.78, 5) is 42.3. The highest BCUT2D eigenvalue weighted by molar-refractivity contribution is 6.30. The molecule has 0 saturated heterocycles. The summed E-state index contributed by atoms with van der Waals surface area (Å²) in [5.41, 5.74) is 1.39. The summed E-state index contributed by atoms with van der Waals surface area (Å²) in [7, 11) is 3.74. The standard InChI is InChI=1S/C23H24ClN3O4/c1-27(2)11-12-31-23(30)20(26-22(29)15-7-9-17(24)10-8-15)13-16-14-21(28)25-19-6-4-3-5-18(16)19/h3-10,14,20H,11-13H2,1-2H3,(H,25,28)(H,26,29). The zero-order valence-corrected chi connectivity index (χ0v) is 18.1. The zero-order chi connectivity index (χ0) is 22.4. The van der Waals surface area contributed by atoms with Crippen molar-refractivity contribution in [2.45, 2.75) is 12.5 Å². The number of esters is 1. The topological polar surface area (TPSA) is 91.5 Å². The van der Waals surface area contributed by atoms with Crippen LogP contribution in [-0.2, 0) is 16.0 Å². The van der Waals surface area contributed by atoms with Gasteiger partial charge in [0.25, 0.3) is 5.91 Å². The van der Waals surface area contributed by atoms with Gasteiger partial charge in [-0.2, -0.15) is 0 Å². The van der Waals surface area contributed by atoms with Gasteiger partial charge in [0.2, 0.25) is 5.56 Å². The largest absolute Gasteiger partial charge is 0.463 e. The van der Waals surface area contributed by atoms with Crippen LogP contribution >= 0.6 is 11.6 Å². The molecule has 3 aromatic rings. The number of hydrogen-bond donors (Lipinski definition) is 2. The lowest BCUT2D eigenvalue weighted by Crippen LogP contribution is -2.44. The van der Waals surface area contributed by atoms with Crippen LogP contribution in [0.25, 0.3) is 10.9 Å². The molecular formula is C23H24ClN3O4. The van der Waals surface area contributed by atoms with Gasteiger partial charge in [-0.3, -0.25) is 9.59 Å². The summed E-state index contributed by atoms with van der Waals surface area (Å²) >= 11 is 5.89. The van der Waals surface area contributed by atoms with Crippen molar-refractivity contribution in [3.63, 3.8) is 0 Å². The monoisotopic (exact) mass is 441 g/mol. The number of hydrogen-bond acceptors (Lipinski definition) is 5. The molecule has 0 fully saturated rings. The van der Waals surface area contributed by atoms with Gasteiger partial charge in [0, 0.05) is 40.5 Å². The van der Waals surface area contributed by atoms with Crippen molar-refractivity contribution in [1.29, 1.82) is 0 Å². The zero-order valence-electron chi connectivity index (χ0n) is 17.4. The number of H-pyrrole nitrogens is 1.